The summed E-state index contributed by atoms with van der Waals surface area (Å²) in [6, 6.07) is 12.2. The van der Waals surface area contributed by atoms with E-state index >= 15 is 0 Å². The first-order chi connectivity index (χ1) is 25.0. The summed E-state index contributed by atoms with van der Waals surface area (Å²) in [5.41, 5.74) is 6.03. The van der Waals surface area contributed by atoms with Gasteiger partial charge in [-0.05, 0) is 36.2 Å². The van der Waals surface area contributed by atoms with Gasteiger partial charge in [0.2, 0.25) is 5.91 Å². The molecule has 0 bridgehead atoms. The van der Waals surface area contributed by atoms with Gasteiger partial charge in [-0.2, -0.15) is 41.8 Å². The molecule has 20 heteroatoms. The van der Waals surface area contributed by atoms with Gasteiger partial charge in [-0.15, -0.1) is 0 Å². The second kappa shape index (κ2) is 16.7. The van der Waals surface area contributed by atoms with Crippen molar-refractivity contribution < 1.29 is 50.9 Å². The number of hydrogen-bond donors (Lipinski definition) is 2. The Morgan fingerprint density at radius 2 is 1.51 bits per heavy atom. The van der Waals surface area contributed by atoms with Gasteiger partial charge in [-0.1, -0.05) is 6.07 Å². The lowest BCUT2D eigenvalue weighted by Crippen LogP contribution is -2.49. The van der Waals surface area contributed by atoms with Crippen LogP contribution in [0.2, 0.25) is 0 Å². The molecule has 6 rings (SSSR count). The summed E-state index contributed by atoms with van der Waals surface area (Å²) in [5, 5.41) is 32.6. The number of aromatic nitrogens is 6. The molecule has 0 aromatic carbocycles. The van der Waals surface area contributed by atoms with Gasteiger partial charge in [0.1, 0.15) is 11.9 Å². The molecule has 5 aromatic heterocycles. The average molecular weight is 746 g/mol. The number of carbonyl (C=O) groups is 3. The second-order valence-corrected chi connectivity index (χ2v) is 11.2. The van der Waals surface area contributed by atoms with Crippen LogP contribution in [0, 0.1) is 11.3 Å². The van der Waals surface area contributed by atoms with Crippen LogP contribution in [0.4, 0.5) is 32.2 Å². The zero-order valence-electron chi connectivity index (χ0n) is 27.6. The van der Waals surface area contributed by atoms with Crippen molar-refractivity contribution >= 4 is 29.2 Å². The summed E-state index contributed by atoms with van der Waals surface area (Å²) >= 11 is 0. The highest BCUT2D eigenvalue weighted by Gasteiger charge is 2.39. The quantitative estimate of drug-likeness (QED) is 0.232. The number of fused-ring (bicyclic) bond motifs is 1. The fraction of sp³-hybridized carbons (Fsp3) is 0.273. The van der Waals surface area contributed by atoms with E-state index in [9.17, 15) is 36.4 Å². The molecule has 1 fully saturated rings. The molecule has 0 unspecified atom stereocenters. The predicted octanol–water partition coefficient (Wildman–Crippen LogP) is 4.61. The van der Waals surface area contributed by atoms with E-state index < -0.39 is 24.3 Å². The third-order valence-corrected chi connectivity index (χ3v) is 7.62. The number of piperazine rings is 1. The van der Waals surface area contributed by atoms with E-state index in [1.165, 1.54) is 0 Å². The van der Waals surface area contributed by atoms with Crippen molar-refractivity contribution in [2.24, 2.45) is 7.05 Å². The number of halogens is 6. The molecule has 0 saturated carbocycles. The molecule has 53 heavy (non-hydrogen) atoms. The van der Waals surface area contributed by atoms with Gasteiger partial charge in [-0.25, -0.2) is 19.1 Å². The monoisotopic (exact) mass is 745 g/mol. The van der Waals surface area contributed by atoms with Gasteiger partial charge >= 0.3 is 24.3 Å². The normalized spacial score (nSPS) is 12.9. The van der Waals surface area contributed by atoms with Crippen molar-refractivity contribution in [2.75, 3.05) is 31.1 Å². The van der Waals surface area contributed by atoms with Gasteiger partial charge in [0.25, 0.3) is 0 Å². The van der Waals surface area contributed by atoms with Gasteiger partial charge < -0.3 is 20.0 Å². The minimum Gasteiger partial charge on any atom is -0.475 e. The Kier molecular flexibility index (Phi) is 12.3. The van der Waals surface area contributed by atoms with Crippen molar-refractivity contribution in [2.45, 2.75) is 25.2 Å². The molecule has 278 valence electrons. The number of alkyl halides is 6. The Morgan fingerprint density at radius 1 is 0.849 bits per heavy atom. The minimum atomic E-state index is -5.08. The van der Waals surface area contributed by atoms with E-state index in [2.05, 4.69) is 32.2 Å². The van der Waals surface area contributed by atoms with Crippen LogP contribution in [0.25, 0.3) is 27.8 Å². The summed E-state index contributed by atoms with van der Waals surface area (Å²) in [6.07, 6.45) is 3.69. The van der Waals surface area contributed by atoms with Crippen molar-refractivity contribution in [3.63, 3.8) is 0 Å². The molecule has 0 aliphatic carbocycles. The molecular formula is C33H29F6N9O5. The Labute approximate surface area is 296 Å². The fourth-order valence-electron chi connectivity index (χ4n) is 5.02. The number of carbonyl (C=O) groups excluding carboxylic acids is 1. The highest BCUT2D eigenvalue weighted by Crippen LogP contribution is 2.32. The number of aryl methyl sites for hydroxylation is 2. The Bertz CT molecular complexity index is 2060. The maximum Gasteiger partial charge on any atom is 0.490 e. The van der Waals surface area contributed by atoms with Crippen molar-refractivity contribution in [1.82, 2.24) is 34.3 Å². The number of pyridine rings is 3. The maximum absolute atomic E-state index is 12.7. The zero-order chi connectivity index (χ0) is 38.9. The zero-order valence-corrected chi connectivity index (χ0v) is 27.6. The molecular weight excluding hydrogens is 716 g/mol. The SMILES string of the molecule is Cn1cc(-c2cc(-c3ccc(N4CCN(C(=O)CCc5cccnc5)CC4)nc3)c3c(C#N)cnn3c2)cn1.O=C(O)C(F)(F)F.O=C(O)C(F)(F)F. The first-order valence-corrected chi connectivity index (χ1v) is 15.4. The molecule has 1 amide bonds. The molecule has 6 heterocycles. The number of nitriles is 1. The summed E-state index contributed by atoms with van der Waals surface area (Å²) in [6.45, 7) is 2.80. The lowest BCUT2D eigenvalue weighted by atomic mass is 10.0. The number of hydrogen-bond acceptors (Lipinski definition) is 9. The molecule has 1 aliphatic heterocycles. The third-order valence-electron chi connectivity index (χ3n) is 7.62. The van der Waals surface area contributed by atoms with Crippen LogP contribution in [0.3, 0.4) is 0 Å². The van der Waals surface area contributed by atoms with Crippen LogP contribution < -0.4 is 4.90 Å². The highest BCUT2D eigenvalue weighted by molar-refractivity contribution is 5.87. The van der Waals surface area contributed by atoms with E-state index in [1.54, 1.807) is 21.6 Å². The smallest absolute Gasteiger partial charge is 0.475 e. The largest absolute Gasteiger partial charge is 0.490 e. The molecule has 5 aromatic rings. The van der Waals surface area contributed by atoms with E-state index in [0.717, 1.165) is 52.2 Å². The number of aliphatic carboxylic acids is 2. The Hall–Kier alpha value is -6.52. The highest BCUT2D eigenvalue weighted by atomic mass is 19.4. The van der Waals surface area contributed by atoms with Crippen LogP contribution in [-0.4, -0.2) is 101 Å². The number of carboxylic acid groups (broad SMARTS) is 2. The van der Waals surface area contributed by atoms with Crippen LogP contribution in [0.5, 0.6) is 0 Å². The Balaban J connectivity index is 0.000000381. The lowest BCUT2D eigenvalue weighted by molar-refractivity contribution is -0.193. The number of rotatable bonds is 6. The van der Waals surface area contributed by atoms with Crippen molar-refractivity contribution in [3.05, 3.63) is 84.8 Å². The molecule has 0 spiro atoms. The minimum absolute atomic E-state index is 0.174. The first kappa shape index (κ1) is 39.3. The number of anilines is 1. The maximum atomic E-state index is 12.7. The Morgan fingerprint density at radius 3 is 2.02 bits per heavy atom. The van der Waals surface area contributed by atoms with Gasteiger partial charge in [0, 0.05) is 92.9 Å². The topological polar surface area (TPSA) is 183 Å². The van der Waals surface area contributed by atoms with Crippen molar-refractivity contribution in [3.8, 4) is 28.3 Å². The van der Waals surface area contributed by atoms with Crippen LogP contribution >= 0.6 is 0 Å². The van der Waals surface area contributed by atoms with Crippen molar-refractivity contribution in [1.29, 1.82) is 5.26 Å². The summed E-state index contributed by atoms with van der Waals surface area (Å²) < 4.78 is 67.0. The molecule has 0 atom stereocenters. The fourth-order valence-corrected chi connectivity index (χ4v) is 5.02. The van der Waals surface area contributed by atoms with Crippen LogP contribution in [0.1, 0.15) is 17.5 Å². The van der Waals surface area contributed by atoms with Crippen LogP contribution in [-0.2, 0) is 27.9 Å². The molecule has 1 aliphatic rings. The van der Waals surface area contributed by atoms with Crippen LogP contribution in [0.15, 0.2) is 73.7 Å². The summed E-state index contributed by atoms with van der Waals surface area (Å²) in [7, 11) is 1.88. The standard InChI is InChI=1S/C29H27N9O.2C2HF3O2/c1-35-19-25(18-33-35)23-13-26(29-24(14-30)17-34-38(29)20-23)22-5-6-27(32-16-22)36-9-11-37(12-10-36)28(39)7-4-21-3-2-8-31-15-21;2*3-2(4,5)1(6)7/h2-3,5-6,8,13,15-20H,4,7,9-12H2,1H3;2*(H,6,7). The van der Waals surface area contributed by atoms with E-state index in [-0.39, 0.29) is 5.91 Å². The van der Waals surface area contributed by atoms with E-state index in [0.29, 0.717) is 31.5 Å². The van der Waals surface area contributed by atoms with Gasteiger partial charge in [0.15, 0.2) is 0 Å². The van der Waals surface area contributed by atoms with Gasteiger partial charge in [-0.3, -0.25) is 14.5 Å². The number of carboxylic acids is 2. The third kappa shape index (κ3) is 10.5. The second-order valence-electron chi connectivity index (χ2n) is 11.2. The predicted molar refractivity (Wildman–Crippen MR) is 174 cm³/mol. The number of amides is 1. The van der Waals surface area contributed by atoms with Gasteiger partial charge in [0.05, 0.1) is 23.5 Å². The number of nitrogens with zero attached hydrogens (tertiary/aromatic N) is 9. The van der Waals surface area contributed by atoms with E-state index in [1.807, 2.05) is 67.2 Å². The molecule has 0 radical (unpaired) electrons. The lowest BCUT2D eigenvalue weighted by Gasteiger charge is -2.35. The molecule has 1 saturated heterocycles. The molecule has 2 N–H and O–H groups in total. The summed E-state index contributed by atoms with van der Waals surface area (Å²) in [4.78, 5) is 43.5. The summed E-state index contributed by atoms with van der Waals surface area (Å²) in [5.74, 6) is -4.47. The van der Waals surface area contributed by atoms with E-state index in [4.69, 9.17) is 24.8 Å². The first-order valence-electron chi connectivity index (χ1n) is 15.4. The average Bonchev–Trinajstić information content (AvgIpc) is 3.76. The molecule has 14 nitrogen and oxygen atoms in total.